The van der Waals surface area contributed by atoms with E-state index in [1.807, 2.05) is 0 Å². The van der Waals surface area contributed by atoms with Gasteiger partial charge in [-0.3, -0.25) is 4.90 Å². The Morgan fingerprint density at radius 1 is 1.27 bits per heavy atom. The molecule has 4 nitrogen and oxygen atoms in total. The van der Waals surface area contributed by atoms with E-state index < -0.39 is 0 Å². The molecule has 0 spiro atoms. The third-order valence-corrected chi connectivity index (χ3v) is 4.53. The summed E-state index contributed by atoms with van der Waals surface area (Å²) in [5.74, 6) is -0.252. The maximum atomic E-state index is 13.0. The maximum absolute atomic E-state index is 13.0. The van der Waals surface area contributed by atoms with Crippen molar-refractivity contribution >= 4 is 0 Å². The molecule has 2 heterocycles. The molecule has 5 heteroatoms. The second-order valence-electron chi connectivity index (χ2n) is 6.09. The number of rotatable bonds is 5. The molecule has 0 radical (unpaired) electrons. The lowest BCUT2D eigenvalue weighted by molar-refractivity contribution is -0.185. The highest BCUT2D eigenvalue weighted by molar-refractivity contribution is 5.20. The molecule has 2 saturated heterocycles. The largest absolute Gasteiger partial charge is 0.394 e. The second-order valence-corrected chi connectivity index (χ2v) is 6.09. The fraction of sp³-hybridized carbons (Fsp3) is 0.647. The number of nitrogens with zero attached hydrogens (tertiary/aromatic N) is 1. The molecule has 1 N–H and O–H groups in total. The first-order valence-corrected chi connectivity index (χ1v) is 8.13. The average molecular weight is 309 g/mol. The van der Waals surface area contributed by atoms with E-state index in [2.05, 4.69) is 4.90 Å². The Hall–Kier alpha value is -1.01. The Labute approximate surface area is 130 Å². The third-order valence-electron chi connectivity index (χ3n) is 4.53. The molecule has 1 aromatic carbocycles. The molecule has 3 atom stereocenters. The summed E-state index contributed by atoms with van der Waals surface area (Å²) in [7, 11) is 0. The number of aliphatic hydroxyl groups is 1. The summed E-state index contributed by atoms with van der Waals surface area (Å²) < 4.78 is 24.7. The SMILES string of the molecule is OC[C@@H](c1ccc(F)cc1)N1CC[C@H](OC2CCCCO2)C1. The summed E-state index contributed by atoms with van der Waals surface area (Å²) in [5, 5.41) is 9.72. The van der Waals surface area contributed by atoms with Gasteiger partial charge in [-0.2, -0.15) is 0 Å². The van der Waals surface area contributed by atoms with Crippen molar-refractivity contribution in [3.05, 3.63) is 35.6 Å². The van der Waals surface area contributed by atoms with Gasteiger partial charge >= 0.3 is 0 Å². The summed E-state index contributed by atoms with van der Waals surface area (Å²) in [6, 6.07) is 6.28. The van der Waals surface area contributed by atoms with Crippen molar-refractivity contribution in [2.45, 2.75) is 44.1 Å². The number of hydrogen-bond acceptors (Lipinski definition) is 4. The van der Waals surface area contributed by atoms with Gasteiger partial charge in [0.25, 0.3) is 0 Å². The Morgan fingerprint density at radius 3 is 2.77 bits per heavy atom. The smallest absolute Gasteiger partial charge is 0.158 e. The molecule has 122 valence electrons. The Bertz CT molecular complexity index is 461. The van der Waals surface area contributed by atoms with E-state index in [1.165, 1.54) is 12.1 Å². The van der Waals surface area contributed by atoms with Gasteiger partial charge in [0.1, 0.15) is 5.82 Å². The molecular weight excluding hydrogens is 285 g/mol. The van der Waals surface area contributed by atoms with E-state index in [-0.39, 0.29) is 30.9 Å². The minimum atomic E-state index is -0.252. The molecule has 0 amide bonds. The van der Waals surface area contributed by atoms with Crippen LogP contribution in [0.5, 0.6) is 0 Å². The summed E-state index contributed by atoms with van der Waals surface area (Å²) >= 11 is 0. The Morgan fingerprint density at radius 2 is 2.09 bits per heavy atom. The van der Waals surface area contributed by atoms with Crippen LogP contribution in [0.25, 0.3) is 0 Å². The van der Waals surface area contributed by atoms with Gasteiger partial charge in [-0.25, -0.2) is 4.39 Å². The minimum absolute atomic E-state index is 0.0261. The van der Waals surface area contributed by atoms with Crippen molar-refractivity contribution in [2.24, 2.45) is 0 Å². The second kappa shape index (κ2) is 7.51. The van der Waals surface area contributed by atoms with Crippen molar-refractivity contribution in [3.63, 3.8) is 0 Å². The molecule has 3 rings (SSSR count). The van der Waals surface area contributed by atoms with Crippen LogP contribution in [-0.2, 0) is 9.47 Å². The zero-order valence-corrected chi connectivity index (χ0v) is 12.8. The van der Waals surface area contributed by atoms with Crippen molar-refractivity contribution in [2.75, 3.05) is 26.3 Å². The lowest BCUT2D eigenvalue weighted by atomic mass is 10.1. The van der Waals surface area contributed by atoms with Gasteiger partial charge < -0.3 is 14.6 Å². The Balaban J connectivity index is 1.56. The minimum Gasteiger partial charge on any atom is -0.394 e. The molecule has 22 heavy (non-hydrogen) atoms. The summed E-state index contributed by atoms with van der Waals surface area (Å²) in [6.07, 6.45) is 4.27. The number of hydrogen-bond donors (Lipinski definition) is 1. The van der Waals surface area contributed by atoms with Crippen LogP contribution in [0.3, 0.4) is 0 Å². The van der Waals surface area contributed by atoms with Crippen molar-refractivity contribution in [1.82, 2.24) is 4.90 Å². The van der Waals surface area contributed by atoms with Gasteiger partial charge in [-0.1, -0.05) is 12.1 Å². The highest BCUT2D eigenvalue weighted by atomic mass is 19.1. The molecule has 0 aromatic heterocycles. The van der Waals surface area contributed by atoms with Crippen LogP contribution in [0.4, 0.5) is 4.39 Å². The number of benzene rings is 1. The van der Waals surface area contributed by atoms with Gasteiger partial charge in [-0.15, -0.1) is 0 Å². The average Bonchev–Trinajstić information content (AvgIpc) is 2.99. The van der Waals surface area contributed by atoms with Crippen molar-refractivity contribution < 1.29 is 19.0 Å². The first-order chi connectivity index (χ1) is 10.8. The maximum Gasteiger partial charge on any atom is 0.158 e. The topological polar surface area (TPSA) is 41.9 Å². The normalized spacial score (nSPS) is 27.9. The summed E-state index contributed by atoms with van der Waals surface area (Å²) in [6.45, 7) is 2.47. The van der Waals surface area contributed by atoms with Gasteiger partial charge in [0, 0.05) is 19.7 Å². The van der Waals surface area contributed by atoms with E-state index in [1.54, 1.807) is 12.1 Å². The molecule has 2 aliphatic heterocycles. The predicted octanol–water partition coefficient (Wildman–Crippen LogP) is 2.48. The highest BCUT2D eigenvalue weighted by Gasteiger charge is 2.31. The van der Waals surface area contributed by atoms with Gasteiger partial charge in [0.15, 0.2) is 6.29 Å². The van der Waals surface area contributed by atoms with Crippen molar-refractivity contribution in [3.8, 4) is 0 Å². The van der Waals surface area contributed by atoms with Gasteiger partial charge in [0.05, 0.1) is 18.8 Å². The zero-order chi connectivity index (χ0) is 15.4. The number of ether oxygens (including phenoxy) is 2. The Kier molecular flexibility index (Phi) is 5.41. The summed E-state index contributed by atoms with van der Waals surface area (Å²) in [5.41, 5.74) is 0.943. The van der Waals surface area contributed by atoms with E-state index in [9.17, 15) is 9.50 Å². The van der Waals surface area contributed by atoms with Crippen LogP contribution < -0.4 is 0 Å². The lowest BCUT2D eigenvalue weighted by Gasteiger charge is -2.28. The van der Waals surface area contributed by atoms with E-state index in [0.29, 0.717) is 0 Å². The molecule has 0 aliphatic carbocycles. The van der Waals surface area contributed by atoms with Crippen LogP contribution in [0, 0.1) is 5.82 Å². The molecule has 1 aromatic rings. The predicted molar refractivity (Wildman–Crippen MR) is 80.9 cm³/mol. The fourth-order valence-corrected chi connectivity index (χ4v) is 3.30. The van der Waals surface area contributed by atoms with Crippen molar-refractivity contribution in [1.29, 1.82) is 0 Å². The molecule has 2 fully saturated rings. The first kappa shape index (κ1) is 15.9. The van der Waals surface area contributed by atoms with E-state index in [0.717, 1.165) is 50.9 Å². The molecule has 1 unspecified atom stereocenters. The standard InChI is InChI=1S/C17H24FNO3/c18-14-6-4-13(5-7-14)16(12-20)19-9-8-15(11-19)22-17-3-1-2-10-21-17/h4-7,15-17,20H,1-3,8-12H2/t15-,16-,17?/m0/s1. The van der Waals surface area contributed by atoms with Crippen LogP contribution in [0.1, 0.15) is 37.3 Å². The monoisotopic (exact) mass is 309 g/mol. The van der Waals surface area contributed by atoms with Crippen LogP contribution in [0.2, 0.25) is 0 Å². The first-order valence-electron chi connectivity index (χ1n) is 8.13. The fourth-order valence-electron chi connectivity index (χ4n) is 3.30. The number of aliphatic hydroxyl groups excluding tert-OH is 1. The van der Waals surface area contributed by atoms with Crippen LogP contribution >= 0.6 is 0 Å². The third kappa shape index (κ3) is 3.84. The zero-order valence-electron chi connectivity index (χ0n) is 12.8. The summed E-state index contributed by atoms with van der Waals surface area (Å²) in [4.78, 5) is 2.21. The molecule has 0 bridgehead atoms. The van der Waals surface area contributed by atoms with Gasteiger partial charge in [-0.05, 0) is 43.4 Å². The van der Waals surface area contributed by atoms with E-state index >= 15 is 0 Å². The number of halogens is 1. The van der Waals surface area contributed by atoms with Crippen LogP contribution in [-0.4, -0.2) is 48.7 Å². The molecule has 2 aliphatic rings. The van der Waals surface area contributed by atoms with Crippen LogP contribution in [0.15, 0.2) is 24.3 Å². The highest BCUT2D eigenvalue weighted by Crippen LogP contribution is 2.27. The number of likely N-dealkylation sites (tertiary alicyclic amines) is 1. The van der Waals surface area contributed by atoms with E-state index in [4.69, 9.17) is 9.47 Å². The quantitative estimate of drug-likeness (QED) is 0.907. The molecule has 0 saturated carbocycles. The van der Waals surface area contributed by atoms with Gasteiger partial charge in [0.2, 0.25) is 0 Å². The molecular formula is C17H24FNO3. The lowest BCUT2D eigenvalue weighted by Crippen LogP contribution is -2.33.